The SMILES string of the molecule is C[C@H](NC(=O)Cc1cc(F)cc(F)c1)C(=O)NC1C(=O)NCc2cc(F)ccc21. The molecule has 29 heavy (non-hydrogen) atoms. The van der Waals surface area contributed by atoms with E-state index in [0.29, 0.717) is 17.2 Å². The number of amides is 3. The van der Waals surface area contributed by atoms with Gasteiger partial charge in [0, 0.05) is 12.6 Å². The van der Waals surface area contributed by atoms with Gasteiger partial charge in [0.05, 0.1) is 6.42 Å². The molecule has 2 aromatic rings. The quantitative estimate of drug-likeness (QED) is 0.707. The molecule has 2 atom stereocenters. The van der Waals surface area contributed by atoms with Crippen LogP contribution < -0.4 is 16.0 Å². The topological polar surface area (TPSA) is 87.3 Å². The summed E-state index contributed by atoms with van der Waals surface area (Å²) in [6.45, 7) is 1.56. The van der Waals surface area contributed by atoms with Crippen molar-refractivity contribution >= 4 is 17.7 Å². The Bertz CT molecular complexity index is 960. The fourth-order valence-corrected chi connectivity index (χ4v) is 3.10. The lowest BCUT2D eigenvalue weighted by Crippen LogP contribution is -2.50. The lowest BCUT2D eigenvalue weighted by Gasteiger charge is -2.27. The molecular formula is C20H18F3N3O3. The molecule has 3 rings (SSSR count). The number of rotatable bonds is 5. The minimum atomic E-state index is -1.02. The molecule has 0 fully saturated rings. The Hall–Kier alpha value is -3.36. The highest BCUT2D eigenvalue weighted by atomic mass is 19.1. The van der Waals surface area contributed by atoms with Crippen molar-refractivity contribution in [3.8, 4) is 0 Å². The van der Waals surface area contributed by atoms with Crippen LogP contribution in [0, 0.1) is 17.5 Å². The molecule has 1 aliphatic rings. The fraction of sp³-hybridized carbons (Fsp3) is 0.250. The zero-order chi connectivity index (χ0) is 21.1. The van der Waals surface area contributed by atoms with Crippen molar-refractivity contribution in [1.29, 1.82) is 0 Å². The van der Waals surface area contributed by atoms with Crippen molar-refractivity contribution in [1.82, 2.24) is 16.0 Å². The number of nitrogens with one attached hydrogen (secondary N) is 3. The fourth-order valence-electron chi connectivity index (χ4n) is 3.10. The Balaban J connectivity index is 1.63. The summed E-state index contributed by atoms with van der Waals surface area (Å²) in [5.74, 6) is -3.78. The maximum Gasteiger partial charge on any atom is 0.247 e. The Morgan fingerprint density at radius 2 is 1.79 bits per heavy atom. The van der Waals surface area contributed by atoms with Crippen molar-refractivity contribution < 1.29 is 27.6 Å². The van der Waals surface area contributed by atoms with E-state index in [9.17, 15) is 27.6 Å². The molecule has 9 heteroatoms. The zero-order valence-corrected chi connectivity index (χ0v) is 15.4. The second kappa shape index (κ2) is 8.34. The largest absolute Gasteiger partial charge is 0.350 e. The lowest BCUT2D eigenvalue weighted by atomic mass is 9.95. The standard InChI is InChI=1S/C20H18F3N3O3/c1-10(25-17(27)6-11-4-14(22)8-15(23)5-11)19(28)26-18-16-3-2-13(21)7-12(16)9-24-20(18)29/h2-5,7-8,10,18H,6,9H2,1H3,(H,24,29)(H,25,27)(H,26,28)/t10-,18?/m0/s1. The van der Waals surface area contributed by atoms with Gasteiger partial charge in [0.1, 0.15) is 29.5 Å². The predicted molar refractivity (Wildman–Crippen MR) is 96.8 cm³/mol. The highest BCUT2D eigenvalue weighted by Crippen LogP contribution is 2.23. The van der Waals surface area contributed by atoms with Crippen LogP contribution in [0.15, 0.2) is 36.4 Å². The smallest absolute Gasteiger partial charge is 0.247 e. The molecule has 1 unspecified atom stereocenters. The summed E-state index contributed by atoms with van der Waals surface area (Å²) in [4.78, 5) is 36.7. The van der Waals surface area contributed by atoms with E-state index in [1.165, 1.54) is 25.1 Å². The number of carbonyl (C=O) groups is 3. The molecule has 0 saturated heterocycles. The van der Waals surface area contributed by atoms with Crippen LogP contribution in [0.3, 0.4) is 0 Å². The minimum Gasteiger partial charge on any atom is -0.350 e. The number of carbonyl (C=O) groups excluding carboxylic acids is 3. The lowest BCUT2D eigenvalue weighted by molar-refractivity contribution is -0.132. The summed E-state index contributed by atoms with van der Waals surface area (Å²) in [6.07, 6.45) is -0.321. The van der Waals surface area contributed by atoms with Crippen LogP contribution in [0.1, 0.15) is 29.7 Å². The van der Waals surface area contributed by atoms with Crippen LogP contribution in [0.5, 0.6) is 0 Å². The monoisotopic (exact) mass is 405 g/mol. The molecule has 0 saturated carbocycles. The molecule has 6 nitrogen and oxygen atoms in total. The maximum atomic E-state index is 13.4. The molecular weight excluding hydrogens is 387 g/mol. The number of halogens is 3. The van der Waals surface area contributed by atoms with Gasteiger partial charge >= 0.3 is 0 Å². The van der Waals surface area contributed by atoms with E-state index < -0.39 is 47.3 Å². The predicted octanol–water partition coefficient (Wildman–Crippen LogP) is 1.64. The van der Waals surface area contributed by atoms with E-state index in [4.69, 9.17) is 0 Å². The van der Waals surface area contributed by atoms with E-state index in [1.54, 1.807) is 0 Å². The van der Waals surface area contributed by atoms with Gasteiger partial charge in [0.2, 0.25) is 17.7 Å². The third kappa shape index (κ3) is 4.92. The molecule has 1 heterocycles. The highest BCUT2D eigenvalue weighted by Gasteiger charge is 2.30. The van der Waals surface area contributed by atoms with Gasteiger partial charge in [-0.25, -0.2) is 13.2 Å². The Labute approximate surface area is 164 Å². The third-order valence-corrected chi connectivity index (χ3v) is 4.48. The van der Waals surface area contributed by atoms with E-state index in [2.05, 4.69) is 16.0 Å². The van der Waals surface area contributed by atoms with Crippen LogP contribution in [-0.4, -0.2) is 23.8 Å². The molecule has 0 bridgehead atoms. The summed E-state index contributed by atoms with van der Waals surface area (Å²) in [5.41, 5.74) is 1.13. The molecule has 1 aliphatic heterocycles. The van der Waals surface area contributed by atoms with E-state index in [0.717, 1.165) is 12.1 Å². The maximum absolute atomic E-state index is 13.4. The van der Waals surface area contributed by atoms with Gasteiger partial charge in [-0.1, -0.05) is 6.07 Å². The molecule has 0 radical (unpaired) electrons. The van der Waals surface area contributed by atoms with Crippen LogP contribution in [0.25, 0.3) is 0 Å². The second-order valence-corrected chi connectivity index (χ2v) is 6.75. The minimum absolute atomic E-state index is 0.121. The molecule has 3 N–H and O–H groups in total. The Morgan fingerprint density at radius 3 is 2.48 bits per heavy atom. The summed E-state index contributed by atoms with van der Waals surface area (Å²) in [6, 6.07) is 4.60. The zero-order valence-electron chi connectivity index (χ0n) is 15.4. The van der Waals surface area contributed by atoms with E-state index in [-0.39, 0.29) is 18.5 Å². The normalized spacial score (nSPS) is 16.4. The summed E-state index contributed by atoms with van der Waals surface area (Å²) >= 11 is 0. The van der Waals surface area contributed by atoms with Gasteiger partial charge in [-0.3, -0.25) is 14.4 Å². The van der Waals surface area contributed by atoms with Crippen molar-refractivity contribution in [2.24, 2.45) is 0 Å². The van der Waals surface area contributed by atoms with Gasteiger partial charge in [-0.15, -0.1) is 0 Å². The first kappa shape index (κ1) is 20.4. The van der Waals surface area contributed by atoms with Crippen molar-refractivity contribution in [2.45, 2.75) is 32.0 Å². The average molecular weight is 405 g/mol. The van der Waals surface area contributed by atoms with Gasteiger partial charge in [-0.2, -0.15) is 0 Å². The molecule has 0 aromatic heterocycles. The average Bonchev–Trinajstić information content (AvgIpc) is 2.62. The van der Waals surface area contributed by atoms with Crippen molar-refractivity contribution in [2.75, 3.05) is 0 Å². The van der Waals surface area contributed by atoms with Crippen molar-refractivity contribution in [3.05, 3.63) is 70.5 Å². The van der Waals surface area contributed by atoms with E-state index in [1.807, 2.05) is 0 Å². The van der Waals surface area contributed by atoms with Crippen LogP contribution in [-0.2, 0) is 27.3 Å². The van der Waals surface area contributed by atoms with Crippen LogP contribution in [0.4, 0.5) is 13.2 Å². The number of hydrogen-bond donors (Lipinski definition) is 3. The summed E-state index contributed by atoms with van der Waals surface area (Å²) < 4.78 is 39.8. The third-order valence-electron chi connectivity index (χ3n) is 4.48. The van der Waals surface area contributed by atoms with Crippen LogP contribution in [0.2, 0.25) is 0 Å². The molecule has 2 aromatic carbocycles. The summed E-state index contributed by atoms with van der Waals surface area (Å²) in [7, 11) is 0. The van der Waals surface area contributed by atoms with Gasteiger partial charge in [0.15, 0.2) is 0 Å². The van der Waals surface area contributed by atoms with E-state index >= 15 is 0 Å². The molecule has 152 valence electrons. The summed E-state index contributed by atoms with van der Waals surface area (Å²) in [5, 5.41) is 7.51. The molecule has 3 amide bonds. The number of hydrogen-bond acceptors (Lipinski definition) is 3. The second-order valence-electron chi connectivity index (χ2n) is 6.75. The number of benzene rings is 2. The number of fused-ring (bicyclic) bond motifs is 1. The Kier molecular flexibility index (Phi) is 5.86. The van der Waals surface area contributed by atoms with Crippen LogP contribution >= 0.6 is 0 Å². The molecule has 0 aliphatic carbocycles. The van der Waals surface area contributed by atoms with Crippen molar-refractivity contribution in [3.63, 3.8) is 0 Å². The Morgan fingerprint density at radius 1 is 1.10 bits per heavy atom. The molecule has 0 spiro atoms. The van der Waals surface area contributed by atoms with Gasteiger partial charge < -0.3 is 16.0 Å². The first-order valence-corrected chi connectivity index (χ1v) is 8.83. The first-order valence-electron chi connectivity index (χ1n) is 8.83. The van der Waals surface area contributed by atoms with Gasteiger partial charge in [0.25, 0.3) is 0 Å². The highest BCUT2D eigenvalue weighted by molar-refractivity contribution is 5.93. The van der Waals surface area contributed by atoms with Gasteiger partial charge in [-0.05, 0) is 47.9 Å². The first-order chi connectivity index (χ1) is 13.7.